The van der Waals surface area contributed by atoms with Crippen LogP contribution in [0, 0.1) is 5.41 Å². The number of rotatable bonds is 5. The topological polar surface area (TPSA) is 46.2 Å². The molecule has 1 atom stereocenters. The Morgan fingerprint density at radius 3 is 2.55 bits per heavy atom. The van der Waals surface area contributed by atoms with Crippen molar-refractivity contribution in [2.24, 2.45) is 11.1 Å². The Morgan fingerprint density at radius 1 is 1.36 bits per heavy atom. The minimum absolute atomic E-state index is 0.0790. The van der Waals surface area contributed by atoms with Gasteiger partial charge in [0.2, 0.25) is 0 Å². The molecule has 0 saturated carbocycles. The summed E-state index contributed by atoms with van der Waals surface area (Å²) in [5.41, 5.74) is 8.22. The van der Waals surface area contributed by atoms with Gasteiger partial charge < -0.3 is 10.8 Å². The smallest absolute Gasteiger partial charge is 0.102 e. The van der Waals surface area contributed by atoms with Crippen LogP contribution in [0.2, 0.25) is 0 Å². The molecule has 0 spiro atoms. The Bertz CT molecular complexity index is 498. The molecule has 22 heavy (non-hydrogen) atoms. The molecule has 122 valence electrons. The molecule has 2 nitrogen and oxygen atoms in total. The van der Waals surface area contributed by atoms with Gasteiger partial charge in [0.25, 0.3) is 0 Å². The van der Waals surface area contributed by atoms with E-state index in [4.69, 9.17) is 5.73 Å². The van der Waals surface area contributed by atoms with Gasteiger partial charge in [-0.2, -0.15) is 0 Å². The number of aliphatic hydroxyl groups excluding tert-OH is 1. The fourth-order valence-corrected chi connectivity index (χ4v) is 2.15. The highest BCUT2D eigenvalue weighted by Crippen LogP contribution is 2.28. The summed E-state index contributed by atoms with van der Waals surface area (Å²) in [6, 6.07) is 0. The fourth-order valence-electron chi connectivity index (χ4n) is 2.15. The first-order valence-corrected chi connectivity index (χ1v) is 7.87. The van der Waals surface area contributed by atoms with E-state index in [1.54, 1.807) is 6.08 Å². The maximum absolute atomic E-state index is 10.6. The van der Waals surface area contributed by atoms with E-state index in [0.717, 1.165) is 11.1 Å². The number of aliphatic hydroxyl groups is 1. The lowest BCUT2D eigenvalue weighted by Gasteiger charge is -2.21. The first-order valence-electron chi connectivity index (χ1n) is 7.87. The first kappa shape index (κ1) is 20.2. The van der Waals surface area contributed by atoms with E-state index in [1.165, 1.54) is 0 Å². The molecule has 1 rings (SSSR count). The zero-order chi connectivity index (χ0) is 17.2. The second-order valence-electron chi connectivity index (χ2n) is 5.66. The maximum atomic E-state index is 10.6. The van der Waals surface area contributed by atoms with E-state index >= 15 is 0 Å². The van der Waals surface area contributed by atoms with E-state index < -0.39 is 6.10 Å². The maximum Gasteiger partial charge on any atom is 0.102 e. The summed E-state index contributed by atoms with van der Waals surface area (Å²) < 4.78 is 0. The van der Waals surface area contributed by atoms with E-state index in [1.807, 2.05) is 51.2 Å². The van der Waals surface area contributed by atoms with Gasteiger partial charge in [0.05, 0.1) is 0 Å². The highest BCUT2D eigenvalue weighted by atomic mass is 16.3. The van der Waals surface area contributed by atoms with Crippen molar-refractivity contribution in [2.45, 2.75) is 47.1 Å². The minimum Gasteiger partial charge on any atom is -0.402 e. The quantitative estimate of drug-likeness (QED) is 0.715. The summed E-state index contributed by atoms with van der Waals surface area (Å²) in [5.74, 6) is 0. The van der Waals surface area contributed by atoms with Crippen molar-refractivity contribution >= 4 is 0 Å². The van der Waals surface area contributed by atoms with Crippen LogP contribution in [-0.2, 0) is 0 Å². The van der Waals surface area contributed by atoms with E-state index in [0.29, 0.717) is 12.1 Å². The van der Waals surface area contributed by atoms with Crippen molar-refractivity contribution in [1.82, 2.24) is 0 Å². The molecule has 3 N–H and O–H groups in total. The summed E-state index contributed by atoms with van der Waals surface area (Å²) in [5, 5.41) is 10.6. The number of nitrogens with two attached hydrogens (primary N) is 1. The first-order chi connectivity index (χ1) is 10.4. The normalized spacial score (nSPS) is 18.7. The second kappa shape index (κ2) is 10.0. The van der Waals surface area contributed by atoms with Gasteiger partial charge in [-0.15, -0.1) is 0 Å². The zero-order valence-corrected chi connectivity index (χ0v) is 14.6. The molecule has 1 unspecified atom stereocenters. The molecule has 1 aliphatic carbocycles. The van der Waals surface area contributed by atoms with Crippen LogP contribution in [-0.4, -0.2) is 11.2 Å². The predicted molar refractivity (Wildman–Crippen MR) is 98.3 cm³/mol. The molecule has 0 aromatic rings. The van der Waals surface area contributed by atoms with E-state index in [-0.39, 0.29) is 5.41 Å². The number of hydrogen-bond donors (Lipinski definition) is 2. The molecule has 1 aliphatic rings. The van der Waals surface area contributed by atoms with Crippen molar-refractivity contribution in [3.8, 4) is 0 Å². The molecular formula is C20H31NO. The SMILES string of the molecule is C=CC=CC/C(=C(\C)N)C(O)C1=CC(C)(C)C=CC=C1.CC. The molecule has 0 bridgehead atoms. The second-order valence-corrected chi connectivity index (χ2v) is 5.66. The third-order valence-corrected chi connectivity index (χ3v) is 3.23. The van der Waals surface area contributed by atoms with Crippen LogP contribution >= 0.6 is 0 Å². The van der Waals surface area contributed by atoms with Crippen molar-refractivity contribution in [2.75, 3.05) is 0 Å². The van der Waals surface area contributed by atoms with Gasteiger partial charge in [0.1, 0.15) is 6.10 Å². The monoisotopic (exact) mass is 301 g/mol. The third kappa shape index (κ3) is 6.77. The molecular weight excluding hydrogens is 270 g/mol. The Kier molecular flexibility index (Phi) is 9.20. The van der Waals surface area contributed by atoms with Crippen LogP contribution in [0.3, 0.4) is 0 Å². The van der Waals surface area contributed by atoms with Gasteiger partial charge in [-0.25, -0.2) is 0 Å². The standard InChI is InChI=1S/C18H25NO.C2H6/c1-5-6-7-11-16(14(2)19)17(20)15-10-8-9-12-18(3,4)13-15;1-2/h5-10,12-13,17,20H,1,11,19H2,2-4H3;1-2H3/b7-6?,16-14-;. The number of hydrogen-bond acceptors (Lipinski definition) is 2. The van der Waals surface area contributed by atoms with Crippen LogP contribution in [0.4, 0.5) is 0 Å². The van der Waals surface area contributed by atoms with Gasteiger partial charge in [-0.3, -0.25) is 0 Å². The van der Waals surface area contributed by atoms with Crippen molar-refractivity contribution in [1.29, 1.82) is 0 Å². The summed E-state index contributed by atoms with van der Waals surface area (Å²) in [6.07, 6.45) is 15.6. The van der Waals surface area contributed by atoms with Crippen LogP contribution in [0.25, 0.3) is 0 Å². The van der Waals surface area contributed by atoms with Gasteiger partial charge in [0, 0.05) is 11.1 Å². The minimum atomic E-state index is -0.676. The lowest BCUT2D eigenvalue weighted by molar-refractivity contribution is 0.245. The predicted octanol–water partition coefficient (Wildman–Crippen LogP) is 4.82. The molecule has 0 saturated heterocycles. The van der Waals surface area contributed by atoms with Crippen LogP contribution in [0.1, 0.15) is 41.0 Å². The van der Waals surface area contributed by atoms with Crippen LogP contribution in [0.15, 0.2) is 72.0 Å². The van der Waals surface area contributed by atoms with Gasteiger partial charge >= 0.3 is 0 Å². The lowest BCUT2D eigenvalue weighted by atomic mass is 9.88. The average Bonchev–Trinajstić information content (AvgIpc) is 2.65. The highest BCUT2D eigenvalue weighted by molar-refractivity contribution is 5.39. The van der Waals surface area contributed by atoms with Gasteiger partial charge in [-0.05, 0) is 24.5 Å². The van der Waals surface area contributed by atoms with Gasteiger partial charge in [0.15, 0.2) is 0 Å². The highest BCUT2D eigenvalue weighted by Gasteiger charge is 2.20. The molecule has 0 amide bonds. The van der Waals surface area contributed by atoms with Crippen LogP contribution < -0.4 is 5.73 Å². The molecule has 0 aliphatic heterocycles. The zero-order valence-electron chi connectivity index (χ0n) is 14.6. The summed E-state index contributed by atoms with van der Waals surface area (Å²) in [6.45, 7) is 13.7. The summed E-state index contributed by atoms with van der Waals surface area (Å²) in [7, 11) is 0. The van der Waals surface area contributed by atoms with Gasteiger partial charge in [-0.1, -0.05) is 82.9 Å². The summed E-state index contributed by atoms with van der Waals surface area (Å²) in [4.78, 5) is 0. The molecule has 0 aromatic heterocycles. The molecule has 0 radical (unpaired) electrons. The number of allylic oxidation sites excluding steroid dienone is 8. The van der Waals surface area contributed by atoms with Crippen LogP contribution in [0.5, 0.6) is 0 Å². The lowest BCUT2D eigenvalue weighted by Crippen LogP contribution is -2.18. The third-order valence-electron chi connectivity index (χ3n) is 3.23. The Hall–Kier alpha value is -1.80. The average molecular weight is 301 g/mol. The molecule has 2 heteroatoms. The van der Waals surface area contributed by atoms with Crippen molar-refractivity contribution in [3.05, 3.63) is 72.0 Å². The van der Waals surface area contributed by atoms with E-state index in [9.17, 15) is 5.11 Å². The van der Waals surface area contributed by atoms with E-state index in [2.05, 4.69) is 32.6 Å². The Balaban J connectivity index is 0.00000211. The Labute approximate surface area is 136 Å². The molecule has 0 heterocycles. The summed E-state index contributed by atoms with van der Waals surface area (Å²) >= 11 is 0. The Morgan fingerprint density at radius 2 is 2.00 bits per heavy atom. The van der Waals surface area contributed by atoms with Crippen molar-refractivity contribution < 1.29 is 5.11 Å². The molecule has 0 aromatic carbocycles. The molecule has 0 fully saturated rings. The van der Waals surface area contributed by atoms with Crippen molar-refractivity contribution in [3.63, 3.8) is 0 Å². The fraction of sp³-hybridized carbons (Fsp3) is 0.400. The largest absolute Gasteiger partial charge is 0.402 e.